The third kappa shape index (κ3) is 6.12. The van der Waals surface area contributed by atoms with Gasteiger partial charge >= 0.3 is 17.9 Å². The standard InChI is InChI=1S/C30H31N3O6S/c1-6-39-29(36)26-22(15-19-11-8-7-9-12-19)40-30(33-26)32-21-14-10-13-20(16-21)25-23(27(34)37-4)17(2)31-18(3)24(25)28(35)38-5/h7-14,16,23,25H,6,15H2,1-5H3,(H,32,33). The highest BCUT2D eigenvalue weighted by atomic mass is 32.1. The monoisotopic (exact) mass is 561 g/mol. The Balaban J connectivity index is 1.71. The van der Waals surface area contributed by atoms with Crippen LogP contribution in [-0.2, 0) is 30.2 Å². The van der Waals surface area contributed by atoms with Gasteiger partial charge in [-0.2, -0.15) is 0 Å². The maximum Gasteiger partial charge on any atom is 0.358 e. The fourth-order valence-corrected chi connectivity index (χ4v) is 5.81. The number of carbonyl (C=O) groups is 3. The molecule has 10 heteroatoms. The molecule has 2 atom stereocenters. The van der Waals surface area contributed by atoms with Crippen LogP contribution in [0.3, 0.4) is 0 Å². The van der Waals surface area contributed by atoms with Crippen LogP contribution in [0.25, 0.3) is 0 Å². The fourth-order valence-electron chi connectivity index (χ4n) is 4.80. The summed E-state index contributed by atoms with van der Waals surface area (Å²) >= 11 is 1.36. The van der Waals surface area contributed by atoms with Crippen LogP contribution in [0.4, 0.5) is 10.8 Å². The fraction of sp³-hybridized carbons (Fsp3) is 0.300. The van der Waals surface area contributed by atoms with Gasteiger partial charge in [0.25, 0.3) is 0 Å². The van der Waals surface area contributed by atoms with Gasteiger partial charge in [0.2, 0.25) is 0 Å². The van der Waals surface area contributed by atoms with Crippen molar-refractivity contribution in [2.24, 2.45) is 10.9 Å². The summed E-state index contributed by atoms with van der Waals surface area (Å²) in [6, 6.07) is 17.2. The number of anilines is 2. The number of carbonyl (C=O) groups excluding carboxylic acids is 3. The minimum Gasteiger partial charge on any atom is -0.468 e. The third-order valence-electron chi connectivity index (χ3n) is 6.56. The van der Waals surface area contributed by atoms with Gasteiger partial charge in [0.05, 0.1) is 26.4 Å². The molecule has 2 unspecified atom stereocenters. The summed E-state index contributed by atoms with van der Waals surface area (Å²) in [5, 5.41) is 3.80. The van der Waals surface area contributed by atoms with E-state index in [-0.39, 0.29) is 12.3 Å². The van der Waals surface area contributed by atoms with E-state index in [4.69, 9.17) is 14.2 Å². The second-order valence-electron chi connectivity index (χ2n) is 9.15. The number of hydrogen-bond acceptors (Lipinski definition) is 10. The normalized spacial score (nSPS) is 16.7. The first kappa shape index (κ1) is 28.7. The lowest BCUT2D eigenvalue weighted by Crippen LogP contribution is -2.36. The lowest BCUT2D eigenvalue weighted by atomic mass is 9.75. The Labute approximate surface area is 236 Å². The highest BCUT2D eigenvalue weighted by Crippen LogP contribution is 2.41. The molecule has 0 aliphatic carbocycles. The van der Waals surface area contributed by atoms with Gasteiger partial charge in [0, 0.05) is 34.3 Å². The van der Waals surface area contributed by atoms with E-state index in [0.717, 1.165) is 10.4 Å². The summed E-state index contributed by atoms with van der Waals surface area (Å²) < 4.78 is 15.4. The molecule has 4 rings (SSSR count). The molecule has 2 heterocycles. The van der Waals surface area contributed by atoms with Gasteiger partial charge in [0.15, 0.2) is 10.8 Å². The SMILES string of the molecule is CCOC(=O)c1nc(Nc2cccc(C3C(C(=O)OC)=C(C)N=C(C)C3C(=O)OC)c2)sc1Cc1ccccc1. The number of thiazole rings is 1. The smallest absolute Gasteiger partial charge is 0.358 e. The number of aliphatic imine (C=N–C) groups is 1. The summed E-state index contributed by atoms with van der Waals surface area (Å²) in [5.41, 5.74) is 4.00. The Bertz CT molecular complexity index is 1480. The number of rotatable bonds is 9. The predicted molar refractivity (Wildman–Crippen MR) is 153 cm³/mol. The van der Waals surface area contributed by atoms with E-state index >= 15 is 0 Å². The van der Waals surface area contributed by atoms with Crippen LogP contribution in [0, 0.1) is 5.92 Å². The molecule has 208 valence electrons. The molecule has 0 bridgehead atoms. The first-order valence-corrected chi connectivity index (χ1v) is 13.6. The summed E-state index contributed by atoms with van der Waals surface area (Å²) in [5.74, 6) is -3.00. The van der Waals surface area contributed by atoms with Gasteiger partial charge in [-0.25, -0.2) is 14.6 Å². The maximum absolute atomic E-state index is 12.9. The van der Waals surface area contributed by atoms with Crippen LogP contribution in [-0.4, -0.2) is 49.4 Å². The van der Waals surface area contributed by atoms with Crippen LogP contribution in [0.1, 0.15) is 53.2 Å². The second-order valence-corrected chi connectivity index (χ2v) is 10.2. The summed E-state index contributed by atoms with van der Waals surface area (Å²) in [7, 11) is 2.61. The number of nitrogens with one attached hydrogen (secondary N) is 1. The van der Waals surface area contributed by atoms with Gasteiger partial charge < -0.3 is 19.5 Å². The Morgan fingerprint density at radius 1 is 0.975 bits per heavy atom. The zero-order valence-corrected chi connectivity index (χ0v) is 23.8. The second kappa shape index (κ2) is 12.7. The van der Waals surface area contributed by atoms with Crippen molar-refractivity contribution in [3.8, 4) is 0 Å². The quantitative estimate of drug-likeness (QED) is 0.271. The molecular weight excluding hydrogens is 530 g/mol. The molecule has 0 amide bonds. The lowest BCUT2D eigenvalue weighted by molar-refractivity contribution is -0.143. The van der Waals surface area contributed by atoms with Crippen molar-refractivity contribution in [2.45, 2.75) is 33.1 Å². The predicted octanol–water partition coefficient (Wildman–Crippen LogP) is 5.45. The number of allylic oxidation sites excluding steroid dienone is 1. The van der Waals surface area contributed by atoms with E-state index < -0.39 is 29.7 Å². The Kier molecular flexibility index (Phi) is 9.11. The molecule has 1 aliphatic heterocycles. The van der Waals surface area contributed by atoms with E-state index in [1.54, 1.807) is 20.8 Å². The molecular formula is C30H31N3O6S. The maximum atomic E-state index is 12.9. The van der Waals surface area contributed by atoms with Crippen molar-refractivity contribution in [3.05, 3.63) is 87.6 Å². The van der Waals surface area contributed by atoms with Crippen LogP contribution in [0.15, 0.2) is 70.9 Å². The van der Waals surface area contributed by atoms with Gasteiger partial charge in [0.1, 0.15) is 5.92 Å². The van der Waals surface area contributed by atoms with Gasteiger partial charge in [-0.15, -0.1) is 11.3 Å². The molecule has 0 fully saturated rings. The van der Waals surface area contributed by atoms with Gasteiger partial charge in [-0.05, 0) is 44.0 Å². The van der Waals surface area contributed by atoms with Crippen molar-refractivity contribution in [1.29, 1.82) is 0 Å². The van der Waals surface area contributed by atoms with E-state index in [9.17, 15) is 14.4 Å². The van der Waals surface area contributed by atoms with Crippen molar-refractivity contribution >= 4 is 45.8 Å². The van der Waals surface area contributed by atoms with E-state index in [2.05, 4.69) is 15.3 Å². The number of nitrogens with zero attached hydrogens (tertiary/aromatic N) is 2. The Morgan fingerprint density at radius 2 is 1.73 bits per heavy atom. The molecule has 1 aromatic heterocycles. The number of esters is 3. The largest absolute Gasteiger partial charge is 0.468 e. The molecule has 0 spiro atoms. The minimum atomic E-state index is -0.800. The molecule has 0 radical (unpaired) electrons. The molecule has 40 heavy (non-hydrogen) atoms. The molecule has 1 aliphatic rings. The van der Waals surface area contributed by atoms with E-state index in [1.807, 2.05) is 54.6 Å². The molecule has 2 aromatic carbocycles. The highest BCUT2D eigenvalue weighted by Gasteiger charge is 2.42. The summed E-state index contributed by atoms with van der Waals surface area (Å²) in [4.78, 5) is 48.2. The van der Waals surface area contributed by atoms with E-state index in [1.165, 1.54) is 25.6 Å². The Hall–Kier alpha value is -4.31. The zero-order chi connectivity index (χ0) is 28.8. The topological polar surface area (TPSA) is 116 Å². The molecule has 9 nitrogen and oxygen atoms in total. The lowest BCUT2D eigenvalue weighted by Gasteiger charge is -2.31. The summed E-state index contributed by atoms with van der Waals surface area (Å²) in [6.07, 6.45) is 0.530. The van der Waals surface area contributed by atoms with Crippen LogP contribution in [0.5, 0.6) is 0 Å². The Morgan fingerprint density at radius 3 is 2.40 bits per heavy atom. The van der Waals surface area contributed by atoms with Crippen LogP contribution in [0.2, 0.25) is 0 Å². The highest BCUT2D eigenvalue weighted by molar-refractivity contribution is 7.16. The van der Waals surface area contributed by atoms with Crippen molar-refractivity contribution in [1.82, 2.24) is 4.98 Å². The first-order valence-electron chi connectivity index (χ1n) is 12.8. The third-order valence-corrected chi connectivity index (χ3v) is 7.53. The number of hydrogen-bond donors (Lipinski definition) is 1. The van der Waals surface area contributed by atoms with Crippen LogP contribution >= 0.6 is 11.3 Å². The van der Waals surface area contributed by atoms with Crippen molar-refractivity contribution in [2.75, 3.05) is 26.1 Å². The average Bonchev–Trinajstić information content (AvgIpc) is 3.34. The average molecular weight is 562 g/mol. The van der Waals surface area contributed by atoms with Gasteiger partial charge in [-0.1, -0.05) is 42.5 Å². The van der Waals surface area contributed by atoms with Crippen molar-refractivity contribution in [3.63, 3.8) is 0 Å². The van der Waals surface area contributed by atoms with E-state index in [0.29, 0.717) is 39.8 Å². The first-order chi connectivity index (χ1) is 19.3. The molecule has 0 saturated heterocycles. The number of aromatic nitrogens is 1. The minimum absolute atomic E-state index is 0.243. The summed E-state index contributed by atoms with van der Waals surface area (Å²) in [6.45, 7) is 5.46. The number of benzene rings is 2. The van der Waals surface area contributed by atoms with Crippen LogP contribution < -0.4 is 5.32 Å². The van der Waals surface area contributed by atoms with Crippen molar-refractivity contribution < 1.29 is 28.6 Å². The molecule has 3 aromatic rings. The molecule has 1 N–H and O–H groups in total. The molecule has 0 saturated carbocycles. The number of ether oxygens (including phenoxy) is 3. The number of methoxy groups -OCH3 is 2. The zero-order valence-electron chi connectivity index (χ0n) is 23.0. The van der Waals surface area contributed by atoms with Gasteiger partial charge in [-0.3, -0.25) is 9.79 Å².